The van der Waals surface area contributed by atoms with Crippen LogP contribution in [-0.2, 0) is 4.74 Å². The Bertz CT molecular complexity index is 556. The Morgan fingerprint density at radius 1 is 1.60 bits per heavy atom. The third kappa shape index (κ3) is 2.94. The van der Waals surface area contributed by atoms with Gasteiger partial charge in [0.15, 0.2) is 5.78 Å². The fourth-order valence-corrected chi connectivity index (χ4v) is 3.18. The molecule has 108 valence electrons. The molecule has 1 aliphatic rings. The van der Waals surface area contributed by atoms with Crippen LogP contribution < -0.4 is 11.1 Å². The highest BCUT2D eigenvalue weighted by molar-refractivity contribution is 7.18. The normalized spacial score (nSPS) is 15.7. The largest absolute Gasteiger partial charge is 0.396 e. The molecule has 1 fully saturated rings. The van der Waals surface area contributed by atoms with E-state index in [0.29, 0.717) is 21.1 Å². The molecule has 5 nitrogen and oxygen atoms in total. The molecule has 1 aromatic rings. The second-order valence-corrected chi connectivity index (χ2v) is 6.33. The van der Waals surface area contributed by atoms with Crippen molar-refractivity contribution in [1.29, 1.82) is 5.26 Å². The first-order valence-corrected chi connectivity index (χ1v) is 7.41. The number of anilines is 2. The van der Waals surface area contributed by atoms with Crippen molar-refractivity contribution >= 4 is 27.8 Å². The number of nitriles is 1. The number of hydrogen-bond acceptors (Lipinski definition) is 6. The van der Waals surface area contributed by atoms with Gasteiger partial charge in [-0.3, -0.25) is 4.79 Å². The summed E-state index contributed by atoms with van der Waals surface area (Å²) < 4.78 is 5.13. The lowest BCUT2D eigenvalue weighted by Crippen LogP contribution is -2.17. The number of thiophene rings is 1. The van der Waals surface area contributed by atoms with Crippen LogP contribution in [0.2, 0.25) is 0 Å². The van der Waals surface area contributed by atoms with Crippen molar-refractivity contribution in [2.24, 2.45) is 5.41 Å². The van der Waals surface area contributed by atoms with E-state index in [1.54, 1.807) is 7.11 Å². The number of nitrogens with one attached hydrogen (secondary N) is 1. The molecule has 1 aliphatic carbocycles. The average molecular weight is 293 g/mol. The molecule has 1 aromatic heterocycles. The van der Waals surface area contributed by atoms with E-state index in [1.807, 2.05) is 0 Å². The Kier molecular flexibility index (Phi) is 4.31. The summed E-state index contributed by atoms with van der Waals surface area (Å²) in [5, 5.41) is 13.2. The molecule has 0 radical (unpaired) electrons. The fraction of sp³-hybridized carbons (Fsp3) is 0.571. The molecular weight excluding hydrogens is 274 g/mol. The predicted molar refractivity (Wildman–Crippen MR) is 80.1 cm³/mol. The van der Waals surface area contributed by atoms with Crippen LogP contribution in [0.5, 0.6) is 0 Å². The van der Waals surface area contributed by atoms with Gasteiger partial charge in [-0.25, -0.2) is 0 Å². The minimum Gasteiger partial charge on any atom is -0.396 e. The van der Waals surface area contributed by atoms with Gasteiger partial charge in [0, 0.05) is 27.2 Å². The zero-order valence-electron chi connectivity index (χ0n) is 11.8. The number of ether oxygens (including phenoxy) is 1. The molecule has 0 bridgehead atoms. The number of ketones is 1. The maximum absolute atomic E-state index is 11.5. The van der Waals surface area contributed by atoms with Gasteiger partial charge in [0.1, 0.15) is 16.6 Å². The highest BCUT2D eigenvalue weighted by atomic mass is 32.1. The third-order valence-corrected chi connectivity index (χ3v) is 5.06. The van der Waals surface area contributed by atoms with Crippen molar-refractivity contribution < 1.29 is 9.53 Å². The van der Waals surface area contributed by atoms with Gasteiger partial charge in [0.25, 0.3) is 0 Å². The van der Waals surface area contributed by atoms with E-state index >= 15 is 0 Å². The SMILES string of the molecule is COCCC1(CNc2sc(C(C)=O)c(N)c2C#N)CC1. The number of nitrogens with zero attached hydrogens (tertiary/aromatic N) is 1. The van der Waals surface area contributed by atoms with E-state index < -0.39 is 0 Å². The second-order valence-electron chi connectivity index (χ2n) is 5.31. The average Bonchev–Trinajstić information content (AvgIpc) is 3.12. The van der Waals surface area contributed by atoms with Crippen molar-refractivity contribution in [3.05, 3.63) is 10.4 Å². The highest BCUT2D eigenvalue weighted by Crippen LogP contribution is 2.49. The minimum absolute atomic E-state index is 0.0995. The van der Waals surface area contributed by atoms with E-state index in [0.717, 1.165) is 19.6 Å². The Balaban J connectivity index is 2.08. The Labute approximate surface area is 122 Å². The molecule has 0 aromatic carbocycles. The number of carbonyl (C=O) groups is 1. The molecular formula is C14H19N3O2S. The maximum Gasteiger partial charge on any atom is 0.171 e. The summed E-state index contributed by atoms with van der Waals surface area (Å²) in [6, 6.07) is 2.08. The molecule has 0 amide bonds. The van der Waals surface area contributed by atoms with Crippen LogP contribution in [0.3, 0.4) is 0 Å². The van der Waals surface area contributed by atoms with Crippen LogP contribution in [0.15, 0.2) is 0 Å². The lowest BCUT2D eigenvalue weighted by Gasteiger charge is -2.15. The van der Waals surface area contributed by atoms with E-state index in [-0.39, 0.29) is 11.2 Å². The number of Topliss-reactive ketones (excluding diaryl/α,β-unsaturated/α-hetero) is 1. The molecule has 0 aliphatic heterocycles. The number of nitrogens with two attached hydrogens (primary N) is 1. The quantitative estimate of drug-likeness (QED) is 0.754. The summed E-state index contributed by atoms with van der Waals surface area (Å²) >= 11 is 1.27. The minimum atomic E-state index is -0.0995. The van der Waals surface area contributed by atoms with Gasteiger partial charge in [0.2, 0.25) is 0 Å². The Morgan fingerprint density at radius 3 is 2.80 bits per heavy atom. The first kappa shape index (κ1) is 14.8. The smallest absolute Gasteiger partial charge is 0.171 e. The van der Waals surface area contributed by atoms with Crippen molar-refractivity contribution in [3.8, 4) is 6.07 Å². The summed E-state index contributed by atoms with van der Waals surface area (Å²) in [6.07, 6.45) is 3.36. The summed E-state index contributed by atoms with van der Waals surface area (Å²) in [5.74, 6) is -0.0995. The molecule has 3 N–H and O–H groups in total. The lowest BCUT2D eigenvalue weighted by atomic mass is 10.0. The monoisotopic (exact) mass is 293 g/mol. The molecule has 0 saturated heterocycles. The van der Waals surface area contributed by atoms with Gasteiger partial charge >= 0.3 is 0 Å². The third-order valence-electron chi connectivity index (χ3n) is 3.79. The molecule has 1 heterocycles. The van der Waals surface area contributed by atoms with Crippen LogP contribution in [0.1, 0.15) is 41.4 Å². The van der Waals surface area contributed by atoms with Gasteiger partial charge in [-0.1, -0.05) is 0 Å². The van der Waals surface area contributed by atoms with E-state index in [4.69, 9.17) is 10.5 Å². The van der Waals surface area contributed by atoms with Crippen LogP contribution in [-0.4, -0.2) is 26.0 Å². The van der Waals surface area contributed by atoms with Gasteiger partial charge in [-0.15, -0.1) is 11.3 Å². The van der Waals surface area contributed by atoms with Crippen LogP contribution >= 0.6 is 11.3 Å². The number of rotatable bonds is 7. The van der Waals surface area contributed by atoms with Gasteiger partial charge < -0.3 is 15.8 Å². The lowest BCUT2D eigenvalue weighted by molar-refractivity contribution is 0.102. The number of methoxy groups -OCH3 is 1. The number of hydrogen-bond donors (Lipinski definition) is 2. The van der Waals surface area contributed by atoms with Gasteiger partial charge in [0.05, 0.1) is 10.6 Å². The molecule has 6 heteroatoms. The highest BCUT2D eigenvalue weighted by Gasteiger charge is 2.42. The predicted octanol–water partition coefficient (Wildman–Crippen LogP) is 2.63. The molecule has 0 atom stereocenters. The summed E-state index contributed by atoms with van der Waals surface area (Å²) in [7, 11) is 1.70. The van der Waals surface area contributed by atoms with Crippen LogP contribution in [0.25, 0.3) is 0 Å². The van der Waals surface area contributed by atoms with Crippen LogP contribution in [0.4, 0.5) is 10.7 Å². The zero-order valence-corrected chi connectivity index (χ0v) is 12.6. The van der Waals surface area contributed by atoms with E-state index in [2.05, 4.69) is 11.4 Å². The van der Waals surface area contributed by atoms with E-state index in [1.165, 1.54) is 31.1 Å². The molecule has 2 rings (SSSR count). The van der Waals surface area contributed by atoms with Crippen molar-refractivity contribution in [2.45, 2.75) is 26.2 Å². The van der Waals surface area contributed by atoms with Gasteiger partial charge in [-0.2, -0.15) is 5.26 Å². The standard InChI is InChI=1S/C14H19N3O2S/c1-9(18)12-11(16)10(7-15)13(20-12)17-8-14(3-4-14)5-6-19-2/h17H,3-6,8,16H2,1-2H3. The molecule has 20 heavy (non-hydrogen) atoms. The first-order chi connectivity index (χ1) is 9.53. The topological polar surface area (TPSA) is 88.1 Å². The number of nitrogen functional groups attached to an aromatic ring is 1. The second kappa shape index (κ2) is 5.81. The van der Waals surface area contributed by atoms with Crippen molar-refractivity contribution in [1.82, 2.24) is 0 Å². The molecule has 0 spiro atoms. The fourth-order valence-electron chi connectivity index (χ4n) is 2.22. The van der Waals surface area contributed by atoms with Crippen molar-refractivity contribution in [2.75, 3.05) is 31.3 Å². The molecule has 0 unspecified atom stereocenters. The molecule has 1 saturated carbocycles. The Hall–Kier alpha value is -1.58. The first-order valence-electron chi connectivity index (χ1n) is 6.59. The van der Waals surface area contributed by atoms with Crippen molar-refractivity contribution in [3.63, 3.8) is 0 Å². The van der Waals surface area contributed by atoms with Gasteiger partial charge in [-0.05, 0) is 24.7 Å². The summed E-state index contributed by atoms with van der Waals surface area (Å²) in [5.41, 5.74) is 6.83. The zero-order chi connectivity index (χ0) is 14.8. The maximum atomic E-state index is 11.5. The number of carbonyl (C=O) groups excluding carboxylic acids is 1. The Morgan fingerprint density at radius 2 is 2.30 bits per heavy atom. The summed E-state index contributed by atoms with van der Waals surface area (Å²) in [4.78, 5) is 11.9. The van der Waals surface area contributed by atoms with E-state index in [9.17, 15) is 10.1 Å². The van der Waals surface area contributed by atoms with Crippen LogP contribution in [0, 0.1) is 16.7 Å². The summed E-state index contributed by atoms with van der Waals surface area (Å²) in [6.45, 7) is 3.01.